The molecule has 0 spiro atoms. The van der Waals surface area contributed by atoms with E-state index in [1.165, 1.54) is 17.2 Å². The number of carbonyl (C=O) groups excluding carboxylic acids is 1. The second-order valence-corrected chi connectivity index (χ2v) is 4.49. The molecule has 2 aromatic rings. The van der Waals surface area contributed by atoms with Gasteiger partial charge in [0, 0.05) is 12.7 Å². The van der Waals surface area contributed by atoms with Crippen LogP contribution in [-0.4, -0.2) is 17.9 Å². The molecular weight excluding hydrogens is 276 g/mol. The third-order valence-electron chi connectivity index (χ3n) is 2.76. The van der Waals surface area contributed by atoms with Gasteiger partial charge in [-0.1, -0.05) is 17.7 Å². The van der Waals surface area contributed by atoms with E-state index in [4.69, 9.17) is 22.6 Å². The summed E-state index contributed by atoms with van der Waals surface area (Å²) in [6, 6.07) is 10.2. The molecule has 0 unspecified atom stereocenters. The van der Waals surface area contributed by atoms with E-state index in [0.717, 1.165) is 0 Å². The number of hydrogen-bond donors (Lipinski definition) is 1. The number of anilines is 2. The van der Waals surface area contributed by atoms with Crippen LogP contribution in [-0.2, 0) is 0 Å². The lowest BCUT2D eigenvalue weighted by Gasteiger charge is -2.18. The molecule has 5 nitrogen and oxygen atoms in total. The van der Waals surface area contributed by atoms with Crippen molar-refractivity contribution >= 4 is 28.9 Å². The molecule has 0 radical (unpaired) electrons. The number of nitriles is 1. The average Bonchev–Trinajstić information content (AvgIpc) is 2.48. The number of rotatable bonds is 2. The van der Waals surface area contributed by atoms with Gasteiger partial charge in [0.15, 0.2) is 0 Å². The summed E-state index contributed by atoms with van der Waals surface area (Å²) < 4.78 is 0. The number of nitrogens with zero attached hydrogens (tertiary/aromatic N) is 3. The van der Waals surface area contributed by atoms with Crippen molar-refractivity contribution in [2.24, 2.45) is 0 Å². The molecule has 0 aliphatic heterocycles. The quantitative estimate of drug-likeness (QED) is 0.860. The minimum Gasteiger partial charge on any atom is -0.397 e. The van der Waals surface area contributed by atoms with Crippen LogP contribution in [0.15, 0.2) is 36.5 Å². The number of aromatic nitrogens is 1. The lowest BCUT2D eigenvalue weighted by atomic mass is 10.2. The van der Waals surface area contributed by atoms with Crippen LogP contribution in [0, 0.1) is 11.3 Å². The minimum atomic E-state index is -0.343. The van der Waals surface area contributed by atoms with Gasteiger partial charge in [-0.2, -0.15) is 5.26 Å². The second kappa shape index (κ2) is 5.59. The van der Waals surface area contributed by atoms with Gasteiger partial charge in [-0.25, -0.2) is 4.98 Å². The first-order valence-corrected chi connectivity index (χ1v) is 6.10. The molecule has 1 heterocycles. The third-order valence-corrected chi connectivity index (χ3v) is 3.06. The first-order chi connectivity index (χ1) is 9.52. The molecule has 100 valence electrons. The van der Waals surface area contributed by atoms with Gasteiger partial charge in [-0.3, -0.25) is 4.79 Å². The normalized spacial score (nSPS) is 9.85. The molecule has 0 saturated carbocycles. The maximum Gasteiger partial charge on any atom is 0.261 e. The predicted octanol–water partition coefficient (Wildman–Crippen LogP) is 2.47. The van der Waals surface area contributed by atoms with Crippen molar-refractivity contribution in [2.45, 2.75) is 0 Å². The second-order valence-electron chi connectivity index (χ2n) is 4.13. The predicted molar refractivity (Wildman–Crippen MR) is 77.5 cm³/mol. The maximum atomic E-state index is 12.4. The van der Waals surface area contributed by atoms with Crippen molar-refractivity contribution in [3.05, 3.63) is 52.8 Å². The van der Waals surface area contributed by atoms with Crippen molar-refractivity contribution < 1.29 is 4.79 Å². The fraction of sp³-hybridized carbons (Fsp3) is 0.0714. The van der Waals surface area contributed by atoms with Crippen LogP contribution >= 0.6 is 11.6 Å². The first kappa shape index (κ1) is 13.8. The van der Waals surface area contributed by atoms with Crippen molar-refractivity contribution in [1.82, 2.24) is 4.98 Å². The Kier molecular flexibility index (Phi) is 3.87. The van der Waals surface area contributed by atoms with Crippen LogP contribution < -0.4 is 10.6 Å². The van der Waals surface area contributed by atoms with E-state index in [-0.39, 0.29) is 16.6 Å². The van der Waals surface area contributed by atoms with Gasteiger partial charge < -0.3 is 10.6 Å². The summed E-state index contributed by atoms with van der Waals surface area (Å²) in [4.78, 5) is 17.6. The molecule has 2 rings (SSSR count). The number of pyridine rings is 1. The van der Waals surface area contributed by atoms with Crippen LogP contribution in [0.5, 0.6) is 0 Å². The number of halogens is 1. The molecule has 1 aromatic carbocycles. The minimum absolute atomic E-state index is 0.0903. The standard InChI is InChI=1S/C14H11ClN4O/c1-19(11-4-2-3-9(5-11)7-16)14(20)12-6-10(17)8-18-13(12)15/h2-6,8H,17H2,1H3. The molecule has 0 bridgehead atoms. The van der Waals surface area contributed by atoms with Gasteiger partial charge in [0.1, 0.15) is 5.15 Å². The van der Waals surface area contributed by atoms with Crippen LogP contribution in [0.4, 0.5) is 11.4 Å². The van der Waals surface area contributed by atoms with E-state index >= 15 is 0 Å². The third kappa shape index (κ3) is 2.71. The molecule has 1 amide bonds. The zero-order valence-corrected chi connectivity index (χ0v) is 11.4. The summed E-state index contributed by atoms with van der Waals surface area (Å²) in [6.45, 7) is 0. The number of nitrogen functional groups attached to an aromatic ring is 1. The Bertz CT molecular complexity index is 709. The lowest BCUT2D eigenvalue weighted by Crippen LogP contribution is -2.26. The Morgan fingerprint density at radius 2 is 2.20 bits per heavy atom. The van der Waals surface area contributed by atoms with Crippen LogP contribution in [0.1, 0.15) is 15.9 Å². The van der Waals surface area contributed by atoms with Gasteiger partial charge >= 0.3 is 0 Å². The van der Waals surface area contributed by atoms with Crippen molar-refractivity contribution in [3.63, 3.8) is 0 Å². The molecule has 2 N–H and O–H groups in total. The van der Waals surface area contributed by atoms with E-state index in [1.807, 2.05) is 6.07 Å². The highest BCUT2D eigenvalue weighted by Crippen LogP contribution is 2.21. The smallest absolute Gasteiger partial charge is 0.261 e. The van der Waals surface area contributed by atoms with Crippen molar-refractivity contribution in [3.8, 4) is 6.07 Å². The van der Waals surface area contributed by atoms with Crippen molar-refractivity contribution in [2.75, 3.05) is 17.7 Å². The van der Waals surface area contributed by atoms with Gasteiger partial charge in [0.05, 0.1) is 29.1 Å². The number of nitrogens with two attached hydrogens (primary N) is 1. The van der Waals surface area contributed by atoms with Gasteiger partial charge in [0.25, 0.3) is 5.91 Å². The summed E-state index contributed by atoms with van der Waals surface area (Å²) in [5.74, 6) is -0.343. The van der Waals surface area contributed by atoms with Gasteiger partial charge in [0.2, 0.25) is 0 Å². The van der Waals surface area contributed by atoms with E-state index in [1.54, 1.807) is 31.3 Å². The van der Waals surface area contributed by atoms with E-state index in [0.29, 0.717) is 16.9 Å². The Morgan fingerprint density at radius 1 is 1.45 bits per heavy atom. The topological polar surface area (TPSA) is 83.0 Å². The molecule has 0 aliphatic carbocycles. The largest absolute Gasteiger partial charge is 0.397 e. The molecule has 0 atom stereocenters. The Hall–Kier alpha value is -2.58. The summed E-state index contributed by atoms with van der Waals surface area (Å²) in [7, 11) is 1.60. The molecule has 0 saturated heterocycles. The SMILES string of the molecule is CN(C(=O)c1cc(N)cnc1Cl)c1cccc(C#N)c1. The number of amides is 1. The van der Waals surface area contributed by atoms with E-state index in [9.17, 15) is 4.79 Å². The average molecular weight is 287 g/mol. The fourth-order valence-electron chi connectivity index (χ4n) is 1.70. The Balaban J connectivity index is 2.37. The van der Waals surface area contributed by atoms with E-state index < -0.39 is 0 Å². The molecule has 1 aromatic heterocycles. The molecular formula is C14H11ClN4O. The van der Waals surface area contributed by atoms with Crippen LogP contribution in [0.25, 0.3) is 0 Å². The fourth-order valence-corrected chi connectivity index (χ4v) is 1.88. The number of carbonyl (C=O) groups is 1. The van der Waals surface area contributed by atoms with Crippen LogP contribution in [0.2, 0.25) is 5.15 Å². The Morgan fingerprint density at radius 3 is 2.90 bits per heavy atom. The first-order valence-electron chi connectivity index (χ1n) is 5.72. The highest BCUT2D eigenvalue weighted by atomic mass is 35.5. The zero-order chi connectivity index (χ0) is 14.7. The molecule has 0 fully saturated rings. The van der Waals surface area contributed by atoms with Crippen molar-refractivity contribution in [1.29, 1.82) is 5.26 Å². The summed E-state index contributed by atoms with van der Waals surface area (Å²) >= 11 is 5.91. The lowest BCUT2D eigenvalue weighted by molar-refractivity contribution is 0.0993. The number of benzene rings is 1. The monoisotopic (exact) mass is 286 g/mol. The summed E-state index contributed by atoms with van der Waals surface area (Å²) in [6.07, 6.45) is 1.38. The molecule has 0 aliphatic rings. The maximum absolute atomic E-state index is 12.4. The zero-order valence-electron chi connectivity index (χ0n) is 10.7. The summed E-state index contributed by atoms with van der Waals surface area (Å²) in [5, 5.41) is 8.97. The highest BCUT2D eigenvalue weighted by Gasteiger charge is 2.18. The van der Waals surface area contributed by atoms with Crippen LogP contribution in [0.3, 0.4) is 0 Å². The summed E-state index contributed by atoms with van der Waals surface area (Å²) in [5.41, 5.74) is 7.25. The number of hydrogen-bond acceptors (Lipinski definition) is 4. The van der Waals surface area contributed by atoms with Gasteiger partial charge in [-0.05, 0) is 24.3 Å². The highest BCUT2D eigenvalue weighted by molar-refractivity contribution is 6.33. The molecule has 20 heavy (non-hydrogen) atoms. The van der Waals surface area contributed by atoms with E-state index in [2.05, 4.69) is 4.98 Å². The molecule has 6 heteroatoms. The van der Waals surface area contributed by atoms with Gasteiger partial charge in [-0.15, -0.1) is 0 Å². The Labute approximate surface area is 121 Å².